The summed E-state index contributed by atoms with van der Waals surface area (Å²) in [5.74, 6) is 0. The van der Waals surface area contributed by atoms with Crippen molar-refractivity contribution in [1.82, 2.24) is 5.32 Å². The fourth-order valence-corrected chi connectivity index (χ4v) is 2.10. The molecule has 0 amide bonds. The molecule has 2 aromatic carbocycles. The summed E-state index contributed by atoms with van der Waals surface area (Å²) in [5.41, 5.74) is 0.264. The molecule has 4 heteroatoms. The number of rotatable bonds is 4. The molecule has 0 aliphatic heterocycles. The molecular weight excluding hydrogens is 251 g/mol. The van der Waals surface area contributed by atoms with Crippen LogP contribution in [0.25, 0.3) is 10.8 Å². The highest BCUT2D eigenvalue weighted by Crippen LogP contribution is 2.33. The molecular formula is C15H16F3N. The molecule has 2 aromatic rings. The van der Waals surface area contributed by atoms with Crippen molar-refractivity contribution in [3.8, 4) is 0 Å². The van der Waals surface area contributed by atoms with Crippen LogP contribution in [0.2, 0.25) is 0 Å². The lowest BCUT2D eigenvalue weighted by Gasteiger charge is -2.22. The topological polar surface area (TPSA) is 12.0 Å². The van der Waals surface area contributed by atoms with Crippen LogP contribution in [0.3, 0.4) is 0 Å². The van der Waals surface area contributed by atoms with Crippen LogP contribution in [0.1, 0.15) is 24.9 Å². The SMILES string of the molecule is CCCNC(c1ccc2ccccc2c1)C(F)(F)F. The van der Waals surface area contributed by atoms with Crippen molar-refractivity contribution in [1.29, 1.82) is 0 Å². The molecule has 2 rings (SSSR count). The number of halogens is 3. The van der Waals surface area contributed by atoms with Gasteiger partial charge >= 0.3 is 6.18 Å². The van der Waals surface area contributed by atoms with Gasteiger partial charge in [-0.2, -0.15) is 13.2 Å². The van der Waals surface area contributed by atoms with Crippen LogP contribution in [0.15, 0.2) is 42.5 Å². The summed E-state index contributed by atoms with van der Waals surface area (Å²) in [6.07, 6.45) is -3.61. The van der Waals surface area contributed by atoms with Gasteiger partial charge in [0.05, 0.1) is 0 Å². The van der Waals surface area contributed by atoms with Gasteiger partial charge in [-0.1, -0.05) is 43.3 Å². The number of hydrogen-bond acceptors (Lipinski definition) is 1. The number of fused-ring (bicyclic) bond motifs is 1. The van der Waals surface area contributed by atoms with Crippen LogP contribution in [-0.4, -0.2) is 12.7 Å². The fraction of sp³-hybridized carbons (Fsp3) is 0.333. The highest BCUT2D eigenvalue weighted by Gasteiger charge is 2.40. The van der Waals surface area contributed by atoms with Crippen molar-refractivity contribution in [2.24, 2.45) is 0 Å². The monoisotopic (exact) mass is 267 g/mol. The van der Waals surface area contributed by atoms with Crippen molar-refractivity contribution in [3.05, 3.63) is 48.0 Å². The van der Waals surface area contributed by atoms with Crippen molar-refractivity contribution >= 4 is 10.8 Å². The molecule has 102 valence electrons. The van der Waals surface area contributed by atoms with Gasteiger partial charge in [-0.15, -0.1) is 0 Å². The highest BCUT2D eigenvalue weighted by atomic mass is 19.4. The minimum absolute atomic E-state index is 0.264. The number of alkyl halides is 3. The largest absolute Gasteiger partial charge is 0.407 e. The maximum absolute atomic E-state index is 13.1. The Kier molecular flexibility index (Phi) is 4.10. The van der Waals surface area contributed by atoms with Gasteiger partial charge in [-0.25, -0.2) is 0 Å². The normalized spacial score (nSPS) is 13.7. The zero-order valence-corrected chi connectivity index (χ0v) is 10.7. The average Bonchev–Trinajstić information content (AvgIpc) is 2.37. The van der Waals surface area contributed by atoms with Crippen molar-refractivity contribution in [2.75, 3.05) is 6.54 Å². The molecule has 0 aliphatic carbocycles. The molecule has 1 nitrogen and oxygen atoms in total. The Balaban J connectivity index is 2.38. The second-order valence-corrected chi connectivity index (χ2v) is 4.54. The lowest BCUT2D eigenvalue weighted by molar-refractivity contribution is -0.157. The molecule has 0 saturated heterocycles. The first kappa shape index (κ1) is 13.9. The minimum atomic E-state index is -4.28. The van der Waals surface area contributed by atoms with E-state index < -0.39 is 12.2 Å². The van der Waals surface area contributed by atoms with E-state index in [1.54, 1.807) is 18.2 Å². The second kappa shape index (κ2) is 5.61. The smallest absolute Gasteiger partial charge is 0.302 e. The minimum Gasteiger partial charge on any atom is -0.302 e. The molecule has 19 heavy (non-hydrogen) atoms. The summed E-state index contributed by atoms with van der Waals surface area (Å²) >= 11 is 0. The van der Waals surface area contributed by atoms with Crippen molar-refractivity contribution < 1.29 is 13.2 Å². The zero-order chi connectivity index (χ0) is 13.9. The van der Waals surface area contributed by atoms with E-state index >= 15 is 0 Å². The summed E-state index contributed by atoms with van der Waals surface area (Å²) in [4.78, 5) is 0. The van der Waals surface area contributed by atoms with Crippen molar-refractivity contribution in [2.45, 2.75) is 25.6 Å². The molecule has 0 aliphatic rings. The van der Waals surface area contributed by atoms with E-state index in [1.165, 1.54) is 0 Å². The van der Waals surface area contributed by atoms with E-state index in [2.05, 4.69) is 5.32 Å². The Morgan fingerprint density at radius 1 is 1.05 bits per heavy atom. The van der Waals surface area contributed by atoms with Gasteiger partial charge in [-0.05, 0) is 35.4 Å². The molecule has 1 atom stereocenters. The standard InChI is InChI=1S/C15H16F3N/c1-2-9-19-14(15(16,17)18)13-8-7-11-5-3-4-6-12(11)10-13/h3-8,10,14,19H,2,9H2,1H3. The summed E-state index contributed by atoms with van der Waals surface area (Å²) in [6, 6.07) is 10.7. The van der Waals surface area contributed by atoms with Gasteiger partial charge in [0, 0.05) is 0 Å². The first-order chi connectivity index (χ1) is 9.02. The van der Waals surface area contributed by atoms with E-state index in [4.69, 9.17) is 0 Å². The summed E-state index contributed by atoms with van der Waals surface area (Å²) in [7, 11) is 0. The molecule has 0 bridgehead atoms. The average molecular weight is 267 g/mol. The van der Waals surface area contributed by atoms with Gasteiger partial charge in [0.25, 0.3) is 0 Å². The Morgan fingerprint density at radius 2 is 1.74 bits per heavy atom. The van der Waals surface area contributed by atoms with E-state index in [-0.39, 0.29) is 5.56 Å². The second-order valence-electron chi connectivity index (χ2n) is 4.54. The zero-order valence-electron chi connectivity index (χ0n) is 10.7. The Labute approximate surface area is 110 Å². The maximum Gasteiger partial charge on any atom is 0.407 e. The summed E-state index contributed by atoms with van der Waals surface area (Å²) in [5, 5.41) is 4.34. The quantitative estimate of drug-likeness (QED) is 0.863. The van der Waals surface area contributed by atoms with Crippen LogP contribution >= 0.6 is 0 Å². The van der Waals surface area contributed by atoms with Crippen LogP contribution in [0.4, 0.5) is 13.2 Å². The Hall–Kier alpha value is -1.55. The van der Waals surface area contributed by atoms with Crippen LogP contribution in [0, 0.1) is 0 Å². The highest BCUT2D eigenvalue weighted by molar-refractivity contribution is 5.83. The van der Waals surface area contributed by atoms with Gasteiger partial charge < -0.3 is 5.32 Å². The van der Waals surface area contributed by atoms with E-state index in [9.17, 15) is 13.2 Å². The van der Waals surface area contributed by atoms with Gasteiger partial charge in [-0.3, -0.25) is 0 Å². The molecule has 0 saturated carbocycles. The Bertz CT molecular complexity index is 548. The third kappa shape index (κ3) is 3.26. The van der Waals surface area contributed by atoms with E-state index in [0.717, 1.165) is 10.8 Å². The molecule has 0 radical (unpaired) electrons. The predicted molar refractivity (Wildman–Crippen MR) is 71.0 cm³/mol. The van der Waals surface area contributed by atoms with E-state index in [0.29, 0.717) is 13.0 Å². The first-order valence-electron chi connectivity index (χ1n) is 6.31. The fourth-order valence-electron chi connectivity index (χ4n) is 2.10. The predicted octanol–water partition coefficient (Wildman–Crippen LogP) is 4.44. The van der Waals surface area contributed by atoms with E-state index in [1.807, 2.05) is 31.2 Å². The molecule has 0 fully saturated rings. The third-order valence-corrected chi connectivity index (χ3v) is 3.03. The molecule has 0 heterocycles. The van der Waals surface area contributed by atoms with Crippen LogP contribution in [0.5, 0.6) is 0 Å². The van der Waals surface area contributed by atoms with Crippen LogP contribution < -0.4 is 5.32 Å². The summed E-state index contributed by atoms with van der Waals surface area (Å²) in [6.45, 7) is 2.19. The first-order valence-corrected chi connectivity index (χ1v) is 6.31. The molecule has 0 spiro atoms. The van der Waals surface area contributed by atoms with Gasteiger partial charge in [0.1, 0.15) is 6.04 Å². The maximum atomic E-state index is 13.1. The molecule has 1 N–H and O–H groups in total. The number of hydrogen-bond donors (Lipinski definition) is 1. The number of nitrogens with one attached hydrogen (secondary N) is 1. The molecule has 0 aromatic heterocycles. The molecule has 1 unspecified atom stereocenters. The van der Waals surface area contributed by atoms with Crippen molar-refractivity contribution in [3.63, 3.8) is 0 Å². The lowest BCUT2D eigenvalue weighted by Crippen LogP contribution is -2.34. The van der Waals surface area contributed by atoms with Crippen LogP contribution in [-0.2, 0) is 0 Å². The lowest BCUT2D eigenvalue weighted by atomic mass is 10.0. The number of benzene rings is 2. The third-order valence-electron chi connectivity index (χ3n) is 3.03. The van der Waals surface area contributed by atoms with Gasteiger partial charge in [0.2, 0.25) is 0 Å². The Morgan fingerprint density at radius 3 is 2.37 bits per heavy atom. The summed E-state index contributed by atoms with van der Waals surface area (Å²) < 4.78 is 39.2. The van der Waals surface area contributed by atoms with Gasteiger partial charge in [0.15, 0.2) is 0 Å².